The number of hydrogen-bond acceptors (Lipinski definition) is 3. The lowest BCUT2D eigenvalue weighted by Gasteiger charge is -2.04. The van der Waals surface area contributed by atoms with Crippen molar-refractivity contribution < 1.29 is 4.79 Å². The van der Waals surface area contributed by atoms with Crippen LogP contribution >= 0.6 is 0 Å². The maximum atomic E-state index is 11.8. The molecule has 1 aromatic carbocycles. The summed E-state index contributed by atoms with van der Waals surface area (Å²) >= 11 is 0. The maximum Gasteiger partial charge on any atom is 0.261 e. The molecular weight excluding hydrogens is 216 g/mol. The summed E-state index contributed by atoms with van der Waals surface area (Å²) in [5.74, 6) is 0.00757. The van der Waals surface area contributed by atoms with Gasteiger partial charge >= 0.3 is 0 Å². The third-order valence-corrected chi connectivity index (χ3v) is 2.53. The van der Waals surface area contributed by atoms with Crippen LogP contribution in [-0.4, -0.2) is 16.1 Å². The number of nitrogen functional groups attached to an aromatic ring is 1. The number of hydrogen-bond donors (Lipinski definition) is 3. The van der Waals surface area contributed by atoms with Crippen LogP contribution in [0.5, 0.6) is 0 Å². The summed E-state index contributed by atoms with van der Waals surface area (Å²) in [5, 5.41) is 8.98. The van der Waals surface area contributed by atoms with E-state index in [4.69, 9.17) is 5.73 Å². The molecule has 0 aliphatic carbocycles. The maximum absolute atomic E-state index is 11.8. The first-order valence-electron chi connectivity index (χ1n) is 5.40. The fraction of sp³-hybridized carbons (Fsp3) is 0.167. The number of carbonyl (C=O) groups excluding carboxylic acids is 1. The predicted molar refractivity (Wildman–Crippen MR) is 66.8 cm³/mol. The zero-order valence-corrected chi connectivity index (χ0v) is 9.53. The number of aromatic nitrogens is 2. The molecule has 0 bridgehead atoms. The minimum atomic E-state index is -0.263. The molecule has 0 saturated heterocycles. The van der Waals surface area contributed by atoms with E-state index < -0.39 is 0 Å². The smallest absolute Gasteiger partial charge is 0.261 e. The van der Waals surface area contributed by atoms with Gasteiger partial charge in [0, 0.05) is 5.69 Å². The van der Waals surface area contributed by atoms with Crippen LogP contribution in [0.2, 0.25) is 0 Å². The van der Waals surface area contributed by atoms with Gasteiger partial charge in [-0.25, -0.2) is 0 Å². The Morgan fingerprint density at radius 1 is 1.41 bits per heavy atom. The van der Waals surface area contributed by atoms with Crippen molar-refractivity contribution in [1.29, 1.82) is 0 Å². The Kier molecular flexibility index (Phi) is 3.09. The normalized spacial score (nSPS) is 10.2. The van der Waals surface area contributed by atoms with Gasteiger partial charge in [0.05, 0.1) is 6.20 Å². The number of amides is 1. The minimum absolute atomic E-state index is 0.263. The molecule has 5 nitrogen and oxygen atoms in total. The molecule has 1 aromatic heterocycles. The highest BCUT2D eigenvalue weighted by Crippen LogP contribution is 2.13. The Morgan fingerprint density at radius 3 is 2.65 bits per heavy atom. The molecule has 0 fully saturated rings. The van der Waals surface area contributed by atoms with Gasteiger partial charge < -0.3 is 11.1 Å². The van der Waals surface area contributed by atoms with Gasteiger partial charge in [-0.3, -0.25) is 9.89 Å². The van der Waals surface area contributed by atoms with Crippen molar-refractivity contribution in [3.63, 3.8) is 0 Å². The monoisotopic (exact) mass is 230 g/mol. The van der Waals surface area contributed by atoms with E-state index in [1.807, 2.05) is 24.3 Å². The molecule has 5 heteroatoms. The van der Waals surface area contributed by atoms with Gasteiger partial charge in [-0.1, -0.05) is 19.1 Å². The van der Waals surface area contributed by atoms with E-state index in [1.54, 1.807) is 0 Å². The summed E-state index contributed by atoms with van der Waals surface area (Å²) in [4.78, 5) is 11.8. The molecule has 2 rings (SSSR count). The van der Waals surface area contributed by atoms with E-state index >= 15 is 0 Å². The fourth-order valence-corrected chi connectivity index (χ4v) is 1.50. The Balaban J connectivity index is 2.10. The number of nitrogens with two attached hydrogens (primary N) is 1. The molecule has 88 valence electrons. The van der Waals surface area contributed by atoms with E-state index in [9.17, 15) is 4.79 Å². The number of aryl methyl sites for hydroxylation is 1. The molecule has 0 saturated carbocycles. The number of rotatable bonds is 3. The van der Waals surface area contributed by atoms with E-state index in [0.717, 1.165) is 12.1 Å². The van der Waals surface area contributed by atoms with E-state index in [1.165, 1.54) is 11.8 Å². The Bertz CT molecular complexity index is 516. The number of nitrogens with one attached hydrogen (secondary N) is 2. The quantitative estimate of drug-likeness (QED) is 0.751. The van der Waals surface area contributed by atoms with Gasteiger partial charge in [0.15, 0.2) is 0 Å². The molecule has 0 aliphatic heterocycles. The fourth-order valence-electron chi connectivity index (χ4n) is 1.50. The first-order chi connectivity index (χ1) is 8.20. The van der Waals surface area contributed by atoms with Gasteiger partial charge in [0.2, 0.25) is 0 Å². The second kappa shape index (κ2) is 4.69. The standard InChI is InChI=1S/C12H14N4O/c1-2-8-3-5-9(6-4-8)15-12(17)10-7-14-16-11(10)13/h3-7H,2H2,1H3,(H,15,17)(H3,13,14,16). The van der Waals surface area contributed by atoms with Crippen molar-refractivity contribution in [3.8, 4) is 0 Å². The lowest BCUT2D eigenvalue weighted by atomic mass is 10.1. The summed E-state index contributed by atoms with van der Waals surface area (Å²) in [6.07, 6.45) is 2.38. The van der Waals surface area contributed by atoms with Crippen molar-refractivity contribution in [2.24, 2.45) is 0 Å². The van der Waals surface area contributed by atoms with Crippen molar-refractivity contribution in [1.82, 2.24) is 10.2 Å². The molecule has 0 radical (unpaired) electrons. The SMILES string of the molecule is CCc1ccc(NC(=O)c2cn[nH]c2N)cc1. The molecule has 0 unspecified atom stereocenters. The summed E-state index contributed by atoms with van der Waals surface area (Å²) in [7, 11) is 0. The van der Waals surface area contributed by atoms with Crippen molar-refractivity contribution >= 4 is 17.4 Å². The first kappa shape index (κ1) is 11.2. The Labute approximate surface area is 99.0 Å². The molecular formula is C12H14N4O. The Hall–Kier alpha value is -2.30. The van der Waals surface area contributed by atoms with Crippen LogP contribution in [0.25, 0.3) is 0 Å². The average molecular weight is 230 g/mol. The second-order valence-electron chi connectivity index (χ2n) is 3.70. The number of nitrogens with zero attached hydrogens (tertiary/aromatic N) is 1. The van der Waals surface area contributed by atoms with Gasteiger partial charge in [0.25, 0.3) is 5.91 Å². The molecule has 4 N–H and O–H groups in total. The topological polar surface area (TPSA) is 83.8 Å². The van der Waals surface area contributed by atoms with Gasteiger partial charge in [0.1, 0.15) is 11.4 Å². The number of anilines is 2. The molecule has 0 spiro atoms. The number of carbonyl (C=O) groups is 1. The summed E-state index contributed by atoms with van der Waals surface area (Å²) in [5.41, 5.74) is 7.88. The molecule has 0 aliphatic rings. The first-order valence-corrected chi connectivity index (χ1v) is 5.40. The van der Waals surface area contributed by atoms with Gasteiger partial charge in [-0.05, 0) is 24.1 Å². The summed E-state index contributed by atoms with van der Waals surface area (Å²) in [6.45, 7) is 2.08. The average Bonchev–Trinajstić information content (AvgIpc) is 2.76. The highest BCUT2D eigenvalue weighted by Gasteiger charge is 2.11. The van der Waals surface area contributed by atoms with Crippen molar-refractivity contribution in [3.05, 3.63) is 41.6 Å². The minimum Gasteiger partial charge on any atom is -0.383 e. The van der Waals surface area contributed by atoms with Crippen LogP contribution in [0, 0.1) is 0 Å². The lowest BCUT2D eigenvalue weighted by Crippen LogP contribution is -2.12. The predicted octanol–water partition coefficient (Wildman–Crippen LogP) is 1.81. The van der Waals surface area contributed by atoms with E-state index in [0.29, 0.717) is 5.56 Å². The summed E-state index contributed by atoms with van der Waals surface area (Å²) < 4.78 is 0. The lowest BCUT2D eigenvalue weighted by molar-refractivity contribution is 0.102. The van der Waals surface area contributed by atoms with Crippen LogP contribution in [0.15, 0.2) is 30.5 Å². The third-order valence-electron chi connectivity index (χ3n) is 2.53. The zero-order chi connectivity index (χ0) is 12.3. The second-order valence-corrected chi connectivity index (χ2v) is 3.70. The van der Waals surface area contributed by atoms with Crippen molar-refractivity contribution in [2.45, 2.75) is 13.3 Å². The molecule has 2 aromatic rings. The van der Waals surface area contributed by atoms with E-state index in [-0.39, 0.29) is 11.7 Å². The van der Waals surface area contributed by atoms with E-state index in [2.05, 4.69) is 22.4 Å². The van der Waals surface area contributed by atoms with Gasteiger partial charge in [-0.15, -0.1) is 0 Å². The molecule has 1 heterocycles. The zero-order valence-electron chi connectivity index (χ0n) is 9.53. The van der Waals surface area contributed by atoms with Crippen LogP contribution in [-0.2, 0) is 6.42 Å². The number of H-pyrrole nitrogens is 1. The highest BCUT2D eigenvalue weighted by molar-refractivity contribution is 6.07. The van der Waals surface area contributed by atoms with Crippen molar-refractivity contribution in [2.75, 3.05) is 11.1 Å². The molecule has 1 amide bonds. The number of aromatic amines is 1. The Morgan fingerprint density at radius 2 is 2.12 bits per heavy atom. The largest absolute Gasteiger partial charge is 0.383 e. The highest BCUT2D eigenvalue weighted by atomic mass is 16.1. The molecule has 0 atom stereocenters. The summed E-state index contributed by atoms with van der Waals surface area (Å²) in [6, 6.07) is 7.70. The molecule has 17 heavy (non-hydrogen) atoms. The van der Waals surface area contributed by atoms with Gasteiger partial charge in [-0.2, -0.15) is 5.10 Å². The van der Waals surface area contributed by atoms with Crippen LogP contribution in [0.3, 0.4) is 0 Å². The van der Waals surface area contributed by atoms with Crippen LogP contribution < -0.4 is 11.1 Å². The van der Waals surface area contributed by atoms with Crippen LogP contribution in [0.1, 0.15) is 22.8 Å². The number of benzene rings is 1. The van der Waals surface area contributed by atoms with Crippen LogP contribution in [0.4, 0.5) is 11.5 Å². The third kappa shape index (κ3) is 2.44.